The highest BCUT2D eigenvalue weighted by Crippen LogP contribution is 2.33. The van der Waals surface area contributed by atoms with Crippen LogP contribution in [0.1, 0.15) is 17.5 Å². The first-order valence-corrected chi connectivity index (χ1v) is 8.26. The number of fused-ring (bicyclic) bond motifs is 1. The second-order valence-corrected chi connectivity index (χ2v) is 7.06. The molecule has 3 rings (SSSR count). The molecule has 21 heavy (non-hydrogen) atoms. The van der Waals surface area contributed by atoms with Gasteiger partial charge in [0.15, 0.2) is 0 Å². The van der Waals surface area contributed by atoms with Gasteiger partial charge in [-0.1, -0.05) is 17.7 Å². The van der Waals surface area contributed by atoms with Crippen molar-refractivity contribution < 1.29 is 8.42 Å². The average molecular weight is 303 g/mol. The lowest BCUT2D eigenvalue weighted by atomic mass is 10.0. The molecule has 0 unspecified atom stereocenters. The Morgan fingerprint density at radius 2 is 2.10 bits per heavy atom. The summed E-state index contributed by atoms with van der Waals surface area (Å²) in [6.45, 7) is 2.47. The summed E-state index contributed by atoms with van der Waals surface area (Å²) in [6.07, 6.45) is 4.50. The van der Waals surface area contributed by atoms with Crippen LogP contribution in [-0.2, 0) is 16.4 Å². The van der Waals surface area contributed by atoms with Gasteiger partial charge in [-0.05, 0) is 37.5 Å². The quantitative estimate of drug-likeness (QED) is 0.922. The molecule has 110 valence electrons. The van der Waals surface area contributed by atoms with Gasteiger partial charge in [0.1, 0.15) is 4.90 Å². The van der Waals surface area contributed by atoms with Crippen molar-refractivity contribution in [1.29, 1.82) is 0 Å². The van der Waals surface area contributed by atoms with Gasteiger partial charge in [0.05, 0.1) is 11.4 Å². The third kappa shape index (κ3) is 2.35. The van der Waals surface area contributed by atoms with Crippen molar-refractivity contribution in [2.24, 2.45) is 0 Å². The molecule has 1 aliphatic heterocycles. The standard InChI is InChI=1S/C15H17N3O2S/c1-11-4-5-14-12(9-11)3-2-8-18(14)21(19,20)15-10-17-7-6-13(15)16/h4-7,9-10H,2-3,8H2,1H3,(H2,16,17). The molecule has 6 heteroatoms. The summed E-state index contributed by atoms with van der Waals surface area (Å²) in [5, 5.41) is 0. The lowest BCUT2D eigenvalue weighted by molar-refractivity contribution is 0.586. The van der Waals surface area contributed by atoms with Crippen LogP contribution < -0.4 is 10.0 Å². The Bertz CT molecular complexity index is 787. The predicted octanol–water partition coefficient (Wildman–Crippen LogP) is 2.11. The number of hydrogen-bond acceptors (Lipinski definition) is 4. The van der Waals surface area contributed by atoms with Crippen LogP contribution in [0.15, 0.2) is 41.6 Å². The molecule has 1 aliphatic rings. The maximum absolute atomic E-state index is 12.9. The Balaban J connectivity index is 2.12. The van der Waals surface area contributed by atoms with Crippen molar-refractivity contribution in [3.05, 3.63) is 47.8 Å². The molecular weight excluding hydrogens is 286 g/mol. The lowest BCUT2D eigenvalue weighted by Gasteiger charge is -2.30. The van der Waals surface area contributed by atoms with E-state index in [1.165, 1.54) is 22.8 Å². The van der Waals surface area contributed by atoms with Crippen molar-refractivity contribution in [3.63, 3.8) is 0 Å². The number of benzene rings is 1. The number of hydrogen-bond donors (Lipinski definition) is 1. The number of anilines is 2. The fraction of sp³-hybridized carbons (Fsp3) is 0.267. The maximum Gasteiger partial charge on any atom is 0.267 e. The number of pyridine rings is 1. The van der Waals surface area contributed by atoms with Crippen LogP contribution in [0, 0.1) is 6.92 Å². The minimum atomic E-state index is -3.67. The van der Waals surface area contributed by atoms with Gasteiger partial charge >= 0.3 is 0 Å². The molecular formula is C15H17N3O2S. The Labute approximate surface area is 124 Å². The summed E-state index contributed by atoms with van der Waals surface area (Å²) in [6, 6.07) is 7.35. The number of aryl methyl sites for hydroxylation is 2. The van der Waals surface area contributed by atoms with Crippen molar-refractivity contribution in [2.45, 2.75) is 24.7 Å². The van der Waals surface area contributed by atoms with Gasteiger partial charge in [0, 0.05) is 18.9 Å². The monoisotopic (exact) mass is 303 g/mol. The number of rotatable bonds is 2. The van der Waals surface area contributed by atoms with Gasteiger partial charge in [-0.3, -0.25) is 9.29 Å². The molecule has 0 atom stereocenters. The minimum Gasteiger partial charge on any atom is -0.398 e. The number of nitrogen functional groups attached to an aromatic ring is 1. The third-order valence-corrected chi connectivity index (χ3v) is 5.55. The normalized spacial score (nSPS) is 14.8. The third-order valence-electron chi connectivity index (χ3n) is 3.70. The van der Waals surface area contributed by atoms with E-state index >= 15 is 0 Å². The summed E-state index contributed by atoms with van der Waals surface area (Å²) in [4.78, 5) is 3.96. The van der Waals surface area contributed by atoms with E-state index in [1.807, 2.05) is 25.1 Å². The molecule has 0 amide bonds. The van der Waals surface area contributed by atoms with Crippen molar-refractivity contribution in [1.82, 2.24) is 4.98 Å². The summed E-state index contributed by atoms with van der Waals surface area (Å²) in [5.41, 5.74) is 8.98. The number of sulfonamides is 1. The summed E-state index contributed by atoms with van der Waals surface area (Å²) >= 11 is 0. The first kappa shape index (κ1) is 13.9. The van der Waals surface area contributed by atoms with Crippen LogP contribution in [0.5, 0.6) is 0 Å². The van der Waals surface area contributed by atoms with Gasteiger partial charge in [-0.15, -0.1) is 0 Å². The van der Waals surface area contributed by atoms with E-state index in [-0.39, 0.29) is 10.6 Å². The highest BCUT2D eigenvalue weighted by molar-refractivity contribution is 7.93. The zero-order valence-corrected chi connectivity index (χ0v) is 12.6. The Morgan fingerprint density at radius 1 is 1.29 bits per heavy atom. The summed E-state index contributed by atoms with van der Waals surface area (Å²) < 4.78 is 27.2. The molecule has 0 fully saturated rings. The highest BCUT2D eigenvalue weighted by atomic mass is 32.2. The van der Waals surface area contributed by atoms with Crippen LogP contribution in [0.3, 0.4) is 0 Å². The van der Waals surface area contributed by atoms with E-state index < -0.39 is 10.0 Å². The van der Waals surface area contributed by atoms with Crippen LogP contribution in [0.2, 0.25) is 0 Å². The van der Waals surface area contributed by atoms with Crippen molar-refractivity contribution >= 4 is 21.4 Å². The van der Waals surface area contributed by atoms with Gasteiger partial charge in [0.25, 0.3) is 10.0 Å². The molecule has 1 aromatic carbocycles. The summed E-state index contributed by atoms with van der Waals surface area (Å²) in [7, 11) is -3.67. The number of aromatic nitrogens is 1. The second-order valence-electron chi connectivity index (χ2n) is 5.23. The molecule has 0 aliphatic carbocycles. The predicted molar refractivity (Wildman–Crippen MR) is 82.7 cm³/mol. The molecule has 5 nitrogen and oxygen atoms in total. The lowest BCUT2D eigenvalue weighted by Crippen LogP contribution is -2.36. The molecule has 2 N–H and O–H groups in total. The maximum atomic E-state index is 12.9. The molecule has 2 aromatic rings. The average Bonchev–Trinajstić information content (AvgIpc) is 2.46. The molecule has 0 saturated carbocycles. The van der Waals surface area contributed by atoms with Crippen LogP contribution in [0.4, 0.5) is 11.4 Å². The first-order valence-electron chi connectivity index (χ1n) is 6.82. The largest absolute Gasteiger partial charge is 0.398 e. The SMILES string of the molecule is Cc1ccc2c(c1)CCCN2S(=O)(=O)c1cnccc1N. The number of nitrogens with two attached hydrogens (primary N) is 1. The Hall–Kier alpha value is -2.08. The Morgan fingerprint density at radius 3 is 2.86 bits per heavy atom. The van der Waals surface area contributed by atoms with Gasteiger partial charge in [0.2, 0.25) is 0 Å². The topological polar surface area (TPSA) is 76.3 Å². The summed E-state index contributed by atoms with van der Waals surface area (Å²) in [5.74, 6) is 0. The Kier molecular flexibility index (Phi) is 3.33. The molecule has 1 aromatic heterocycles. The van der Waals surface area contributed by atoms with E-state index in [0.717, 1.165) is 29.7 Å². The van der Waals surface area contributed by atoms with E-state index in [9.17, 15) is 8.42 Å². The number of nitrogens with zero attached hydrogens (tertiary/aromatic N) is 2. The minimum absolute atomic E-state index is 0.0680. The van der Waals surface area contributed by atoms with Gasteiger partial charge in [-0.2, -0.15) is 0 Å². The van der Waals surface area contributed by atoms with E-state index in [2.05, 4.69) is 4.98 Å². The zero-order chi connectivity index (χ0) is 15.0. The van der Waals surface area contributed by atoms with Crippen molar-refractivity contribution in [3.8, 4) is 0 Å². The molecule has 2 heterocycles. The second kappa shape index (κ2) is 5.04. The van der Waals surface area contributed by atoms with Crippen LogP contribution >= 0.6 is 0 Å². The smallest absolute Gasteiger partial charge is 0.267 e. The van der Waals surface area contributed by atoms with Gasteiger partial charge in [-0.25, -0.2) is 8.42 Å². The fourth-order valence-corrected chi connectivity index (χ4v) is 4.27. The van der Waals surface area contributed by atoms with Crippen LogP contribution in [-0.4, -0.2) is 19.9 Å². The first-order chi connectivity index (χ1) is 10.00. The van der Waals surface area contributed by atoms with E-state index in [0.29, 0.717) is 6.54 Å². The molecule has 0 bridgehead atoms. The van der Waals surface area contributed by atoms with E-state index in [4.69, 9.17) is 5.73 Å². The van der Waals surface area contributed by atoms with Crippen molar-refractivity contribution in [2.75, 3.05) is 16.6 Å². The molecule has 0 saturated heterocycles. The van der Waals surface area contributed by atoms with Crippen LogP contribution in [0.25, 0.3) is 0 Å². The highest BCUT2D eigenvalue weighted by Gasteiger charge is 2.30. The zero-order valence-electron chi connectivity index (χ0n) is 11.8. The molecule has 0 spiro atoms. The van der Waals surface area contributed by atoms with Gasteiger partial charge < -0.3 is 5.73 Å². The fourth-order valence-electron chi connectivity index (χ4n) is 2.67. The molecule has 0 radical (unpaired) electrons. The van der Waals surface area contributed by atoms with E-state index in [1.54, 1.807) is 0 Å².